The van der Waals surface area contributed by atoms with E-state index in [0.717, 1.165) is 16.0 Å². The minimum atomic E-state index is -0.853. The standard InChI is InChI=1S/C26H26O5S/c27-22-23-21(17-29-25(31-23)19-12-6-2-7-13-19)30-26(32-20-14-8-3-9-15-20)24(22)28-16-18-10-4-1-5-11-18/h1-15,21-27H,16-17H2. The van der Waals surface area contributed by atoms with Gasteiger partial charge in [0.25, 0.3) is 0 Å². The van der Waals surface area contributed by atoms with Crippen LogP contribution in [0.1, 0.15) is 17.4 Å². The molecule has 0 amide bonds. The second-order valence-corrected chi connectivity index (χ2v) is 9.07. The lowest BCUT2D eigenvalue weighted by Crippen LogP contribution is -2.61. The largest absolute Gasteiger partial charge is 0.387 e. The Morgan fingerprint density at radius 2 is 1.50 bits per heavy atom. The van der Waals surface area contributed by atoms with E-state index in [1.807, 2.05) is 91.0 Å². The highest BCUT2D eigenvalue weighted by Crippen LogP contribution is 2.40. The molecule has 0 radical (unpaired) electrons. The molecule has 6 atom stereocenters. The molecule has 3 aromatic rings. The van der Waals surface area contributed by atoms with Crippen molar-refractivity contribution in [1.29, 1.82) is 0 Å². The highest BCUT2D eigenvalue weighted by Gasteiger charge is 2.50. The zero-order valence-electron chi connectivity index (χ0n) is 17.5. The topological polar surface area (TPSA) is 57.2 Å². The van der Waals surface area contributed by atoms with Gasteiger partial charge in [-0.3, -0.25) is 0 Å². The van der Waals surface area contributed by atoms with E-state index in [2.05, 4.69) is 0 Å². The molecule has 2 aliphatic heterocycles. The molecule has 5 nitrogen and oxygen atoms in total. The van der Waals surface area contributed by atoms with Crippen LogP contribution >= 0.6 is 11.8 Å². The van der Waals surface area contributed by atoms with Crippen molar-refractivity contribution in [2.75, 3.05) is 6.61 Å². The first-order chi connectivity index (χ1) is 15.8. The third kappa shape index (κ3) is 4.91. The van der Waals surface area contributed by atoms with Gasteiger partial charge in [0.15, 0.2) is 6.29 Å². The Labute approximate surface area is 192 Å². The van der Waals surface area contributed by atoms with Gasteiger partial charge in [0, 0.05) is 10.5 Å². The van der Waals surface area contributed by atoms with Gasteiger partial charge in [-0.05, 0) is 17.7 Å². The third-order valence-electron chi connectivity index (χ3n) is 5.66. The molecule has 0 spiro atoms. The number of fused-ring (bicyclic) bond motifs is 1. The number of benzene rings is 3. The van der Waals surface area contributed by atoms with Crippen molar-refractivity contribution in [2.45, 2.75) is 47.6 Å². The molecule has 0 aromatic heterocycles. The zero-order valence-corrected chi connectivity index (χ0v) is 18.3. The summed E-state index contributed by atoms with van der Waals surface area (Å²) in [6.07, 6.45) is -2.86. The summed E-state index contributed by atoms with van der Waals surface area (Å²) in [6, 6.07) is 29.7. The van der Waals surface area contributed by atoms with Gasteiger partial charge < -0.3 is 24.1 Å². The predicted molar refractivity (Wildman–Crippen MR) is 122 cm³/mol. The Morgan fingerprint density at radius 1 is 0.844 bits per heavy atom. The number of hydrogen-bond acceptors (Lipinski definition) is 6. The smallest absolute Gasteiger partial charge is 0.184 e. The average Bonchev–Trinajstić information content (AvgIpc) is 2.85. The van der Waals surface area contributed by atoms with Crippen molar-refractivity contribution in [3.8, 4) is 0 Å². The second-order valence-electron chi connectivity index (χ2n) is 7.90. The van der Waals surface area contributed by atoms with Crippen LogP contribution < -0.4 is 0 Å². The molecule has 0 bridgehead atoms. The molecular weight excluding hydrogens is 424 g/mol. The van der Waals surface area contributed by atoms with E-state index in [0.29, 0.717) is 13.2 Å². The summed E-state index contributed by atoms with van der Waals surface area (Å²) in [5.74, 6) is 0. The van der Waals surface area contributed by atoms with E-state index < -0.39 is 30.0 Å². The molecule has 6 unspecified atom stereocenters. The van der Waals surface area contributed by atoms with Crippen LogP contribution in [0.2, 0.25) is 0 Å². The van der Waals surface area contributed by atoms with Crippen molar-refractivity contribution in [3.05, 3.63) is 102 Å². The number of aliphatic hydroxyl groups excluding tert-OH is 1. The summed E-state index contributed by atoms with van der Waals surface area (Å²) in [5, 5.41) is 11.4. The van der Waals surface area contributed by atoms with Crippen molar-refractivity contribution in [2.24, 2.45) is 0 Å². The molecule has 166 valence electrons. The highest BCUT2D eigenvalue weighted by atomic mass is 32.2. The molecule has 0 saturated carbocycles. The van der Waals surface area contributed by atoms with E-state index >= 15 is 0 Å². The van der Waals surface area contributed by atoms with Gasteiger partial charge in [0.2, 0.25) is 0 Å². The molecule has 1 N–H and O–H groups in total. The van der Waals surface area contributed by atoms with Gasteiger partial charge in [-0.25, -0.2) is 0 Å². The Bertz CT molecular complexity index is 971. The van der Waals surface area contributed by atoms with Crippen LogP contribution in [-0.4, -0.2) is 41.6 Å². The molecule has 6 heteroatoms. The van der Waals surface area contributed by atoms with Gasteiger partial charge in [-0.1, -0.05) is 90.6 Å². The lowest BCUT2D eigenvalue weighted by Gasteiger charge is -2.47. The first-order valence-electron chi connectivity index (χ1n) is 10.8. The number of rotatable bonds is 6. The van der Waals surface area contributed by atoms with Crippen LogP contribution in [0.4, 0.5) is 0 Å². The van der Waals surface area contributed by atoms with Gasteiger partial charge in [0.05, 0.1) is 13.2 Å². The molecule has 5 rings (SSSR count). The van der Waals surface area contributed by atoms with Crippen LogP contribution in [0.15, 0.2) is 95.9 Å². The lowest BCUT2D eigenvalue weighted by atomic mass is 9.98. The monoisotopic (exact) mass is 450 g/mol. The quantitative estimate of drug-likeness (QED) is 0.594. The van der Waals surface area contributed by atoms with Crippen LogP contribution in [0.25, 0.3) is 0 Å². The Morgan fingerprint density at radius 3 is 2.22 bits per heavy atom. The molecule has 32 heavy (non-hydrogen) atoms. The zero-order chi connectivity index (χ0) is 21.8. The molecule has 2 aliphatic rings. The molecule has 2 fully saturated rings. The summed E-state index contributed by atoms with van der Waals surface area (Å²) in [4.78, 5) is 1.05. The first kappa shape index (κ1) is 21.6. The minimum Gasteiger partial charge on any atom is -0.387 e. The Hall–Kier alpha value is -2.19. The van der Waals surface area contributed by atoms with Crippen molar-refractivity contribution >= 4 is 11.8 Å². The van der Waals surface area contributed by atoms with Gasteiger partial charge in [0.1, 0.15) is 29.9 Å². The maximum atomic E-state index is 11.4. The van der Waals surface area contributed by atoms with E-state index in [1.165, 1.54) is 0 Å². The van der Waals surface area contributed by atoms with Gasteiger partial charge in [-0.2, -0.15) is 0 Å². The normalized spacial score (nSPS) is 29.9. The van der Waals surface area contributed by atoms with Crippen LogP contribution in [0, 0.1) is 0 Å². The summed E-state index contributed by atoms with van der Waals surface area (Å²) in [7, 11) is 0. The van der Waals surface area contributed by atoms with E-state index in [4.69, 9.17) is 18.9 Å². The summed E-state index contributed by atoms with van der Waals surface area (Å²) < 4.78 is 24.7. The predicted octanol–water partition coefficient (Wildman–Crippen LogP) is 4.56. The van der Waals surface area contributed by atoms with Crippen LogP contribution in [0.3, 0.4) is 0 Å². The van der Waals surface area contributed by atoms with Crippen LogP contribution in [0.5, 0.6) is 0 Å². The van der Waals surface area contributed by atoms with E-state index in [-0.39, 0.29) is 6.10 Å². The summed E-state index contributed by atoms with van der Waals surface area (Å²) in [6.45, 7) is 0.728. The molecular formula is C26H26O5S. The van der Waals surface area contributed by atoms with E-state index in [1.54, 1.807) is 11.8 Å². The SMILES string of the molecule is OC1C2OC(c3ccccc3)OCC2OC(Sc2ccccc2)C1OCc1ccccc1. The fourth-order valence-corrected chi connectivity index (χ4v) is 5.17. The van der Waals surface area contributed by atoms with Gasteiger partial charge >= 0.3 is 0 Å². The van der Waals surface area contributed by atoms with Gasteiger partial charge in [-0.15, -0.1) is 0 Å². The summed E-state index contributed by atoms with van der Waals surface area (Å²) >= 11 is 1.55. The molecule has 2 saturated heterocycles. The maximum Gasteiger partial charge on any atom is 0.184 e. The van der Waals surface area contributed by atoms with E-state index in [9.17, 15) is 5.11 Å². The lowest BCUT2D eigenvalue weighted by molar-refractivity contribution is -0.322. The summed E-state index contributed by atoms with van der Waals surface area (Å²) in [5.41, 5.74) is 1.57. The van der Waals surface area contributed by atoms with Crippen molar-refractivity contribution < 1.29 is 24.1 Å². The molecule has 3 aromatic carbocycles. The van der Waals surface area contributed by atoms with Crippen molar-refractivity contribution in [3.63, 3.8) is 0 Å². The molecule has 2 heterocycles. The fraction of sp³-hybridized carbons (Fsp3) is 0.308. The number of ether oxygens (including phenoxy) is 4. The number of thioether (sulfide) groups is 1. The Kier molecular flexibility index (Phi) is 6.88. The number of hydrogen-bond donors (Lipinski definition) is 1. The fourth-order valence-electron chi connectivity index (χ4n) is 4.02. The molecule has 0 aliphatic carbocycles. The average molecular weight is 451 g/mol. The third-order valence-corrected chi connectivity index (χ3v) is 6.82. The number of aliphatic hydroxyl groups is 1. The second kappa shape index (κ2) is 10.2. The maximum absolute atomic E-state index is 11.4. The highest BCUT2D eigenvalue weighted by molar-refractivity contribution is 7.99. The minimum absolute atomic E-state index is 0.346. The van der Waals surface area contributed by atoms with Crippen molar-refractivity contribution in [1.82, 2.24) is 0 Å². The first-order valence-corrected chi connectivity index (χ1v) is 11.7. The Balaban J connectivity index is 1.35. The van der Waals surface area contributed by atoms with Crippen LogP contribution in [-0.2, 0) is 25.6 Å².